The molecule has 0 radical (unpaired) electrons. The maximum Gasteiger partial charge on any atom is 0.165 e. The molecule has 1 aliphatic rings. The summed E-state index contributed by atoms with van der Waals surface area (Å²) in [6.07, 6.45) is 2.30. The van der Waals surface area contributed by atoms with Crippen molar-refractivity contribution in [2.24, 2.45) is 11.7 Å². The Kier molecular flexibility index (Phi) is 5.00. The van der Waals surface area contributed by atoms with Crippen molar-refractivity contribution in [3.05, 3.63) is 29.6 Å². The first-order valence-electron chi connectivity index (χ1n) is 7.36. The number of nitrogens with two attached hydrogens (primary N) is 1. The summed E-state index contributed by atoms with van der Waals surface area (Å²) in [5.74, 6) is 0.717. The lowest BCUT2D eigenvalue weighted by Gasteiger charge is -2.42. The van der Waals surface area contributed by atoms with E-state index in [0.717, 1.165) is 24.4 Å². The van der Waals surface area contributed by atoms with Crippen LogP contribution >= 0.6 is 0 Å². The van der Waals surface area contributed by atoms with Crippen LogP contribution < -0.4 is 10.5 Å². The minimum absolute atomic E-state index is 0.177. The molecule has 1 aliphatic heterocycles. The molecule has 3 unspecified atom stereocenters. The molecular weight excluding hydrogens is 255 g/mol. The highest BCUT2D eigenvalue weighted by atomic mass is 19.1. The van der Waals surface area contributed by atoms with E-state index < -0.39 is 0 Å². The molecule has 2 N–H and O–H groups in total. The summed E-state index contributed by atoms with van der Waals surface area (Å²) in [7, 11) is 1.48. The first-order chi connectivity index (χ1) is 9.56. The zero-order valence-electron chi connectivity index (χ0n) is 12.6. The third kappa shape index (κ3) is 3.13. The lowest BCUT2D eigenvalue weighted by molar-refractivity contribution is 0.0832. The van der Waals surface area contributed by atoms with Gasteiger partial charge in [-0.3, -0.25) is 4.90 Å². The Bertz CT molecular complexity index is 452. The van der Waals surface area contributed by atoms with Gasteiger partial charge in [0, 0.05) is 18.6 Å². The molecule has 4 heteroatoms. The van der Waals surface area contributed by atoms with Crippen LogP contribution in [-0.4, -0.2) is 31.1 Å². The van der Waals surface area contributed by atoms with Crippen molar-refractivity contribution in [1.29, 1.82) is 0 Å². The highest BCUT2D eigenvalue weighted by Crippen LogP contribution is 2.31. The van der Waals surface area contributed by atoms with Crippen molar-refractivity contribution >= 4 is 0 Å². The number of nitrogens with zero attached hydrogens (tertiary/aromatic N) is 1. The van der Waals surface area contributed by atoms with Gasteiger partial charge in [-0.05, 0) is 49.9 Å². The molecule has 0 bridgehead atoms. The van der Waals surface area contributed by atoms with E-state index in [9.17, 15) is 4.39 Å². The molecule has 2 rings (SSSR count). The topological polar surface area (TPSA) is 38.5 Å². The summed E-state index contributed by atoms with van der Waals surface area (Å²) in [5, 5.41) is 0. The van der Waals surface area contributed by atoms with Crippen molar-refractivity contribution < 1.29 is 9.13 Å². The highest BCUT2D eigenvalue weighted by molar-refractivity contribution is 5.31. The third-order valence-corrected chi connectivity index (χ3v) is 4.45. The monoisotopic (exact) mass is 280 g/mol. The number of rotatable bonds is 4. The SMILES string of the molecule is COc1ccc(C(C)N2CCC(C)CC2CN)cc1F. The molecule has 3 nitrogen and oxygen atoms in total. The molecule has 1 fully saturated rings. The maximum atomic E-state index is 13.9. The summed E-state index contributed by atoms with van der Waals surface area (Å²) in [5.41, 5.74) is 6.89. The number of methoxy groups -OCH3 is 1. The quantitative estimate of drug-likeness (QED) is 0.921. The predicted molar refractivity (Wildman–Crippen MR) is 79.3 cm³/mol. The van der Waals surface area contributed by atoms with Gasteiger partial charge in [-0.15, -0.1) is 0 Å². The molecule has 20 heavy (non-hydrogen) atoms. The molecular formula is C16H25FN2O. The number of hydrogen-bond donors (Lipinski definition) is 1. The zero-order chi connectivity index (χ0) is 14.7. The molecule has 0 spiro atoms. The highest BCUT2D eigenvalue weighted by Gasteiger charge is 2.29. The Morgan fingerprint density at radius 3 is 2.85 bits per heavy atom. The Morgan fingerprint density at radius 1 is 1.50 bits per heavy atom. The summed E-state index contributed by atoms with van der Waals surface area (Å²) in [4.78, 5) is 2.40. The van der Waals surface area contributed by atoms with Crippen LogP contribution in [0.15, 0.2) is 18.2 Å². The van der Waals surface area contributed by atoms with E-state index in [1.54, 1.807) is 12.1 Å². The van der Waals surface area contributed by atoms with Gasteiger partial charge < -0.3 is 10.5 Å². The Labute approximate surface area is 120 Å². The van der Waals surface area contributed by atoms with Crippen molar-refractivity contribution in [1.82, 2.24) is 4.90 Å². The summed E-state index contributed by atoms with van der Waals surface area (Å²) in [6.45, 7) is 6.09. The summed E-state index contributed by atoms with van der Waals surface area (Å²) >= 11 is 0. The number of benzene rings is 1. The number of likely N-dealkylation sites (tertiary alicyclic amines) is 1. The van der Waals surface area contributed by atoms with Gasteiger partial charge in [0.25, 0.3) is 0 Å². The molecule has 0 aliphatic carbocycles. The fraction of sp³-hybridized carbons (Fsp3) is 0.625. The van der Waals surface area contributed by atoms with Crippen molar-refractivity contribution in [2.75, 3.05) is 20.2 Å². The van der Waals surface area contributed by atoms with Gasteiger partial charge in [-0.25, -0.2) is 4.39 Å². The van der Waals surface area contributed by atoms with Crippen LogP contribution in [0.25, 0.3) is 0 Å². The molecule has 1 saturated heterocycles. The van der Waals surface area contributed by atoms with Gasteiger partial charge in [0.15, 0.2) is 11.6 Å². The van der Waals surface area contributed by atoms with Gasteiger partial charge in [0.1, 0.15) is 0 Å². The van der Waals surface area contributed by atoms with Crippen molar-refractivity contribution in [2.45, 2.75) is 38.8 Å². The second-order valence-corrected chi connectivity index (χ2v) is 5.83. The number of piperidine rings is 1. The fourth-order valence-corrected chi connectivity index (χ4v) is 3.15. The molecule has 1 heterocycles. The zero-order valence-corrected chi connectivity index (χ0v) is 12.6. The number of ether oxygens (including phenoxy) is 1. The van der Waals surface area contributed by atoms with E-state index in [2.05, 4.69) is 18.7 Å². The molecule has 0 amide bonds. The Morgan fingerprint density at radius 2 is 2.25 bits per heavy atom. The first-order valence-corrected chi connectivity index (χ1v) is 7.36. The van der Waals surface area contributed by atoms with Crippen molar-refractivity contribution in [3.63, 3.8) is 0 Å². The standard InChI is InChI=1S/C16H25FN2O/c1-11-6-7-19(14(8-11)10-18)12(2)13-4-5-16(20-3)15(17)9-13/h4-5,9,11-12,14H,6-8,10,18H2,1-3H3. The lowest BCUT2D eigenvalue weighted by Crippen LogP contribution is -2.47. The van der Waals surface area contributed by atoms with Gasteiger partial charge in [0.05, 0.1) is 7.11 Å². The van der Waals surface area contributed by atoms with Crippen molar-refractivity contribution in [3.8, 4) is 5.75 Å². The average molecular weight is 280 g/mol. The van der Waals surface area contributed by atoms with E-state index >= 15 is 0 Å². The third-order valence-electron chi connectivity index (χ3n) is 4.45. The predicted octanol–water partition coefficient (Wildman–Crippen LogP) is 2.95. The van der Waals surface area contributed by atoms with Crippen LogP contribution in [0.1, 0.15) is 38.3 Å². The average Bonchev–Trinajstić information content (AvgIpc) is 2.46. The van der Waals surface area contributed by atoms with Gasteiger partial charge in [0.2, 0.25) is 0 Å². The molecule has 112 valence electrons. The van der Waals surface area contributed by atoms with Crippen LogP contribution in [0.2, 0.25) is 0 Å². The maximum absolute atomic E-state index is 13.9. The van der Waals surface area contributed by atoms with Crippen LogP contribution in [0.5, 0.6) is 5.75 Å². The van der Waals surface area contributed by atoms with E-state index in [0.29, 0.717) is 18.3 Å². The van der Waals surface area contributed by atoms with Gasteiger partial charge in [-0.2, -0.15) is 0 Å². The number of halogens is 1. The second-order valence-electron chi connectivity index (χ2n) is 5.83. The van der Waals surface area contributed by atoms with E-state index in [4.69, 9.17) is 10.5 Å². The van der Waals surface area contributed by atoms with Crippen LogP contribution in [-0.2, 0) is 0 Å². The van der Waals surface area contributed by atoms with E-state index in [1.807, 2.05) is 6.07 Å². The van der Waals surface area contributed by atoms with E-state index in [1.165, 1.54) is 13.5 Å². The largest absolute Gasteiger partial charge is 0.494 e. The smallest absolute Gasteiger partial charge is 0.165 e. The minimum Gasteiger partial charge on any atom is -0.494 e. The van der Waals surface area contributed by atoms with Crippen LogP contribution in [0.4, 0.5) is 4.39 Å². The molecule has 1 aromatic rings. The molecule has 0 saturated carbocycles. The second kappa shape index (κ2) is 6.55. The number of hydrogen-bond acceptors (Lipinski definition) is 3. The molecule has 3 atom stereocenters. The summed E-state index contributed by atoms with van der Waals surface area (Å²) in [6, 6.07) is 5.79. The normalized spacial score (nSPS) is 25.4. The lowest BCUT2D eigenvalue weighted by atomic mass is 9.90. The Balaban J connectivity index is 2.17. The van der Waals surface area contributed by atoms with E-state index in [-0.39, 0.29) is 11.9 Å². The summed E-state index contributed by atoms with van der Waals surface area (Å²) < 4.78 is 18.8. The van der Waals surface area contributed by atoms with Crippen LogP contribution in [0.3, 0.4) is 0 Å². The first kappa shape index (κ1) is 15.3. The Hall–Kier alpha value is -1.13. The minimum atomic E-state index is -0.300. The van der Waals surface area contributed by atoms with Gasteiger partial charge >= 0.3 is 0 Å². The molecule has 1 aromatic carbocycles. The van der Waals surface area contributed by atoms with Gasteiger partial charge in [-0.1, -0.05) is 13.0 Å². The fourth-order valence-electron chi connectivity index (χ4n) is 3.15. The molecule has 0 aromatic heterocycles. The van der Waals surface area contributed by atoms with Crippen LogP contribution in [0, 0.1) is 11.7 Å².